The predicted octanol–water partition coefficient (Wildman–Crippen LogP) is 17.2. The van der Waals surface area contributed by atoms with Crippen molar-refractivity contribution >= 4 is 87.8 Å². The van der Waals surface area contributed by atoms with Crippen LogP contribution in [0.25, 0.3) is 64.6 Å². The summed E-state index contributed by atoms with van der Waals surface area (Å²) in [5.74, 6) is 18.2. The second-order valence-electron chi connectivity index (χ2n) is 34.0. The van der Waals surface area contributed by atoms with Crippen molar-refractivity contribution in [3.63, 3.8) is 0 Å². The van der Waals surface area contributed by atoms with Gasteiger partial charge in [0, 0.05) is 112 Å². The summed E-state index contributed by atoms with van der Waals surface area (Å²) in [6.07, 6.45) is 0.271. The largest absolute Gasteiger partial charge is 0.496 e. The summed E-state index contributed by atoms with van der Waals surface area (Å²) in [6, 6.07) is 80.8. The zero-order chi connectivity index (χ0) is 85.9. The number of hydrogen-bond donors (Lipinski definition) is 2. The molecule has 626 valence electrons. The maximum Gasteiger partial charge on any atom is 0.228 e. The van der Waals surface area contributed by atoms with Crippen LogP contribution in [0.2, 0.25) is 0 Å². The molecule has 0 saturated carbocycles. The second kappa shape index (κ2) is 38.4. The summed E-state index contributed by atoms with van der Waals surface area (Å²) in [4.78, 5) is 48.4. The molecule has 2 N–H and O–H groups in total. The van der Waals surface area contributed by atoms with Gasteiger partial charge in [-0.05, 0) is 278 Å². The Hall–Kier alpha value is -11.9. The second-order valence-corrected chi connectivity index (χ2v) is 34.0. The first kappa shape index (κ1) is 86.5. The van der Waals surface area contributed by atoms with E-state index in [2.05, 4.69) is 364 Å². The summed E-state index contributed by atoms with van der Waals surface area (Å²) < 4.78 is 25.3. The first-order valence-electron chi connectivity index (χ1n) is 42.1. The number of carbonyl (C=O) groups is 2. The van der Waals surface area contributed by atoms with Crippen molar-refractivity contribution in [2.75, 3.05) is 176 Å². The van der Waals surface area contributed by atoms with E-state index in [9.17, 15) is 0 Å². The third-order valence-corrected chi connectivity index (χ3v) is 24.0. The van der Waals surface area contributed by atoms with E-state index in [1.807, 2.05) is 24.3 Å². The minimum atomic E-state index is -1.36. The molecule has 0 heterocycles. The fraction of sp³-hybridized carbons (Fsp3) is 0.302. The topological polar surface area (TPSA) is 121 Å². The van der Waals surface area contributed by atoms with Gasteiger partial charge in [-0.2, -0.15) is 0 Å². The Bertz CT molecular complexity index is 5660. The fourth-order valence-electron chi connectivity index (χ4n) is 17.5. The molecule has 0 aliphatic carbocycles. The number of rotatable bonds is 36. The van der Waals surface area contributed by atoms with Crippen molar-refractivity contribution in [3.8, 4) is 46.7 Å². The molecule has 0 spiro atoms. The number of nitrogens with zero attached hydrogens (tertiary/aromatic N) is 8. The zero-order valence-electron chi connectivity index (χ0n) is 73.9. The van der Waals surface area contributed by atoms with Gasteiger partial charge in [0.25, 0.3) is 0 Å². The summed E-state index contributed by atoms with van der Waals surface area (Å²) >= 11 is 0. The highest BCUT2D eigenvalue weighted by atomic mass is 16.5. The van der Waals surface area contributed by atoms with Crippen LogP contribution in [-0.4, -0.2) is 216 Å². The van der Waals surface area contributed by atoms with Crippen molar-refractivity contribution in [1.82, 2.24) is 39.2 Å². The highest BCUT2D eigenvalue weighted by Crippen LogP contribution is 2.47. The van der Waals surface area contributed by atoms with Gasteiger partial charge < -0.3 is 68.8 Å². The maximum absolute atomic E-state index is 15.2. The number of likely N-dealkylation sites (N-methyl/N-ethyl adjacent to an activating group) is 8. The lowest BCUT2D eigenvalue weighted by Crippen LogP contribution is -2.31. The smallest absolute Gasteiger partial charge is 0.228 e. The van der Waals surface area contributed by atoms with E-state index >= 15 is 9.59 Å². The third kappa shape index (κ3) is 19.1. The van der Waals surface area contributed by atoms with Crippen LogP contribution >= 0.6 is 0 Å². The summed E-state index contributed by atoms with van der Waals surface area (Å²) in [7, 11) is 32.3. The molecule has 0 aromatic heterocycles. The Morgan fingerprint density at radius 3 is 0.836 bits per heavy atom. The van der Waals surface area contributed by atoms with Crippen molar-refractivity contribution in [2.24, 2.45) is 0 Å². The predicted molar refractivity (Wildman–Crippen MR) is 505 cm³/mol. The van der Waals surface area contributed by atoms with E-state index in [0.717, 1.165) is 174 Å². The lowest BCUT2D eigenvalue weighted by molar-refractivity contribution is -0.116. The van der Waals surface area contributed by atoms with Crippen LogP contribution in [0.5, 0.6) is 23.0 Å². The molecule has 122 heavy (non-hydrogen) atoms. The number of ether oxygens (including phenoxy) is 4. The SMILES string of the molecule is COc1ccc(C(C#CC#CC(c2cccc(NC(=O)Cc3ccc4ccc5cccc6ccc3c4c56)c2)(c2ccc(OC)c(CN(C)CCN(C)C)c2)c2ccc(OC)c(CN(C)CCN(C)C)c2)(c2cccc(NC(=O)Cc3ccc4ccc5cccc6ccc3c4c56)c2)c2ccc(OC)c(CN(C)CCN(C)C)c2)cc1CN(C)CCN(C)C. The van der Waals surface area contributed by atoms with Gasteiger partial charge in [-0.15, -0.1) is 0 Å². The summed E-state index contributed by atoms with van der Waals surface area (Å²) in [5, 5.41) is 20.6. The standard InChI is InChI=1S/C106H116N10O6/c1-109(2)53-57-113(9)69-81-61-87(41-47-95(81)119-13)105(88-42-48-96(120-14)82(62-88)70-114(10)58-54-110(3)4,85-27-21-29-91(67-85)107-99(117)65-79-37-35-77-33-31-73-23-19-25-75-39-45-93(79)103(77)101(73)75)51-17-18-52-106(89-43-49-97(121-15)83(63-89)71-115(11)59-55-111(5)6,90-44-50-98(122-16)84(64-90)72-116(12)60-56-112(7)8)86-28-22-30-92(68-86)108-100(118)66-80-38-36-78-34-32-74-24-20-26-76-40-46-94(80)104(78)102(74)76/h19-50,61-64,67-68H,53-60,65-66,69-72H2,1-16H3,(H,107,117)(H,108,118). The number of benzene rings is 14. The molecule has 0 atom stereocenters. The minimum Gasteiger partial charge on any atom is -0.496 e. The van der Waals surface area contributed by atoms with Gasteiger partial charge in [-0.3, -0.25) is 9.59 Å². The molecule has 16 nitrogen and oxygen atoms in total. The molecular formula is C106H116N10O6. The van der Waals surface area contributed by atoms with Crippen molar-refractivity contribution in [1.29, 1.82) is 0 Å². The molecule has 0 fully saturated rings. The van der Waals surface area contributed by atoms with Crippen LogP contribution in [0.4, 0.5) is 11.4 Å². The van der Waals surface area contributed by atoms with E-state index in [4.69, 9.17) is 18.9 Å². The van der Waals surface area contributed by atoms with Crippen LogP contribution in [-0.2, 0) is 59.4 Å². The molecule has 0 saturated heterocycles. The molecule has 0 radical (unpaired) electrons. The number of nitrogens with one attached hydrogen (secondary N) is 2. The average Bonchev–Trinajstić information content (AvgIpc) is 0.752. The monoisotopic (exact) mass is 1620 g/mol. The normalized spacial score (nSPS) is 12.1. The quantitative estimate of drug-likeness (QED) is 0.0220. The molecule has 0 unspecified atom stereocenters. The highest BCUT2D eigenvalue weighted by Gasteiger charge is 2.40. The van der Waals surface area contributed by atoms with Gasteiger partial charge in [0.15, 0.2) is 0 Å². The molecule has 2 amide bonds. The fourth-order valence-corrected chi connectivity index (χ4v) is 17.5. The first-order valence-corrected chi connectivity index (χ1v) is 42.1. The maximum atomic E-state index is 15.2. The molecule has 0 aliphatic rings. The van der Waals surface area contributed by atoms with Gasteiger partial charge >= 0.3 is 0 Å². The van der Waals surface area contributed by atoms with Gasteiger partial charge in [-0.25, -0.2) is 0 Å². The molecular weight excluding hydrogens is 1510 g/mol. The molecule has 0 bridgehead atoms. The van der Waals surface area contributed by atoms with Crippen LogP contribution in [0.15, 0.2) is 231 Å². The van der Waals surface area contributed by atoms with Crippen LogP contribution in [0.3, 0.4) is 0 Å². The highest BCUT2D eigenvalue weighted by molar-refractivity contribution is 6.25. The molecule has 14 rings (SSSR count). The molecule has 16 heteroatoms. The Kier molecular flexibility index (Phi) is 27.3. The average molecular weight is 1630 g/mol. The summed E-state index contributed by atoms with van der Waals surface area (Å²) in [6.45, 7) is 8.82. The van der Waals surface area contributed by atoms with Gasteiger partial charge in [0.05, 0.1) is 41.3 Å². The molecule has 14 aromatic carbocycles. The number of anilines is 2. The molecule has 0 aliphatic heterocycles. The molecule has 14 aromatic rings. The minimum absolute atomic E-state index is 0.135. The van der Waals surface area contributed by atoms with E-state index in [-0.39, 0.29) is 24.7 Å². The number of methoxy groups -OCH3 is 4. The van der Waals surface area contributed by atoms with E-state index in [1.165, 1.54) is 32.3 Å². The first-order chi connectivity index (χ1) is 58.9. The van der Waals surface area contributed by atoms with Crippen molar-refractivity contribution in [3.05, 3.63) is 297 Å². The number of hydrogen-bond acceptors (Lipinski definition) is 14. The zero-order valence-corrected chi connectivity index (χ0v) is 73.9. The van der Waals surface area contributed by atoms with Crippen LogP contribution < -0.4 is 29.6 Å². The van der Waals surface area contributed by atoms with E-state index < -0.39 is 10.8 Å². The lowest BCUT2D eigenvalue weighted by Gasteiger charge is -2.33. The lowest BCUT2D eigenvalue weighted by atomic mass is 9.68. The Labute approximate surface area is 721 Å². The Balaban J connectivity index is 1.00. The van der Waals surface area contributed by atoms with Crippen LogP contribution in [0, 0.1) is 23.7 Å². The number of amides is 2. The van der Waals surface area contributed by atoms with Gasteiger partial charge in [0.2, 0.25) is 11.8 Å². The van der Waals surface area contributed by atoms with Crippen molar-refractivity contribution in [2.45, 2.75) is 49.9 Å². The van der Waals surface area contributed by atoms with E-state index in [0.29, 0.717) is 37.6 Å². The van der Waals surface area contributed by atoms with Gasteiger partial charge in [0.1, 0.15) is 33.8 Å². The Morgan fingerprint density at radius 2 is 0.549 bits per heavy atom. The third-order valence-electron chi connectivity index (χ3n) is 24.0. The van der Waals surface area contributed by atoms with E-state index in [1.54, 1.807) is 28.4 Å². The number of carbonyl (C=O) groups excluding carboxylic acids is 2. The van der Waals surface area contributed by atoms with Gasteiger partial charge in [-0.1, -0.05) is 170 Å². The Morgan fingerprint density at radius 1 is 0.287 bits per heavy atom. The van der Waals surface area contributed by atoms with Crippen molar-refractivity contribution < 1.29 is 28.5 Å². The summed E-state index contributed by atoms with van der Waals surface area (Å²) in [5.41, 5.74) is 9.20. The van der Waals surface area contributed by atoms with Crippen LogP contribution in [0.1, 0.15) is 66.8 Å².